The van der Waals surface area contributed by atoms with Crippen molar-refractivity contribution in [2.24, 2.45) is 0 Å². The van der Waals surface area contributed by atoms with Gasteiger partial charge in [-0.15, -0.1) is 0 Å². The summed E-state index contributed by atoms with van der Waals surface area (Å²) in [4.78, 5) is 27.8. The number of aromatic nitrogens is 1. The molecule has 1 heterocycles. The SMILES string of the molecule is COc1ccc2cc(C(=O)OC(C)C(=O)Nc3cc(Cl)ccc3OC)[nH]c2c1. The molecule has 3 aromatic rings. The van der Waals surface area contributed by atoms with Crippen LogP contribution >= 0.6 is 11.6 Å². The highest BCUT2D eigenvalue weighted by Gasteiger charge is 2.21. The molecule has 0 aliphatic carbocycles. The summed E-state index contributed by atoms with van der Waals surface area (Å²) in [5.74, 6) is -0.0408. The van der Waals surface area contributed by atoms with Crippen LogP contribution in [0.5, 0.6) is 11.5 Å². The molecule has 28 heavy (non-hydrogen) atoms. The number of methoxy groups -OCH3 is 2. The monoisotopic (exact) mass is 402 g/mol. The summed E-state index contributed by atoms with van der Waals surface area (Å²) >= 11 is 5.96. The van der Waals surface area contributed by atoms with Gasteiger partial charge in [-0.1, -0.05) is 11.6 Å². The van der Waals surface area contributed by atoms with Crippen molar-refractivity contribution in [3.05, 3.63) is 53.2 Å². The molecular formula is C20H19ClN2O5. The van der Waals surface area contributed by atoms with Gasteiger partial charge in [0.25, 0.3) is 5.91 Å². The zero-order chi connectivity index (χ0) is 20.3. The average molecular weight is 403 g/mol. The maximum absolute atomic E-state index is 12.4. The Morgan fingerprint density at radius 1 is 1.07 bits per heavy atom. The Labute approximate surface area is 166 Å². The predicted octanol–water partition coefficient (Wildman–Crippen LogP) is 4.02. The van der Waals surface area contributed by atoms with Gasteiger partial charge in [-0.25, -0.2) is 4.79 Å². The number of carbonyl (C=O) groups is 2. The second-order valence-electron chi connectivity index (χ2n) is 6.02. The first-order chi connectivity index (χ1) is 13.4. The van der Waals surface area contributed by atoms with Crippen molar-refractivity contribution >= 4 is 40.1 Å². The van der Waals surface area contributed by atoms with E-state index in [1.807, 2.05) is 6.07 Å². The molecule has 1 unspecified atom stereocenters. The minimum atomic E-state index is -1.03. The Kier molecular flexibility index (Phi) is 5.75. The van der Waals surface area contributed by atoms with Gasteiger partial charge in [-0.05, 0) is 43.3 Å². The molecule has 0 fully saturated rings. The maximum Gasteiger partial charge on any atom is 0.355 e. The number of rotatable bonds is 6. The molecular weight excluding hydrogens is 384 g/mol. The lowest BCUT2D eigenvalue weighted by atomic mass is 10.2. The number of H-pyrrole nitrogens is 1. The van der Waals surface area contributed by atoms with Crippen molar-refractivity contribution in [2.45, 2.75) is 13.0 Å². The fraction of sp³-hybridized carbons (Fsp3) is 0.200. The molecule has 1 aromatic heterocycles. The highest BCUT2D eigenvalue weighted by Crippen LogP contribution is 2.28. The second-order valence-corrected chi connectivity index (χ2v) is 6.45. The van der Waals surface area contributed by atoms with Crippen LogP contribution in [0.3, 0.4) is 0 Å². The van der Waals surface area contributed by atoms with Crippen LogP contribution in [-0.4, -0.2) is 37.2 Å². The smallest absolute Gasteiger partial charge is 0.355 e. The number of nitrogens with one attached hydrogen (secondary N) is 2. The number of benzene rings is 2. The zero-order valence-corrected chi connectivity index (χ0v) is 16.3. The van der Waals surface area contributed by atoms with Crippen molar-refractivity contribution in [1.29, 1.82) is 0 Å². The third kappa shape index (κ3) is 4.20. The van der Waals surface area contributed by atoms with Crippen LogP contribution < -0.4 is 14.8 Å². The molecule has 0 spiro atoms. The molecule has 0 aliphatic heterocycles. The predicted molar refractivity (Wildman–Crippen MR) is 106 cm³/mol. The second kappa shape index (κ2) is 8.22. The number of hydrogen-bond acceptors (Lipinski definition) is 5. The normalized spacial score (nSPS) is 11.7. The summed E-state index contributed by atoms with van der Waals surface area (Å²) in [6, 6.07) is 11.9. The lowest BCUT2D eigenvalue weighted by Crippen LogP contribution is -2.30. The Bertz CT molecular complexity index is 1030. The largest absolute Gasteiger partial charge is 0.497 e. The van der Waals surface area contributed by atoms with Crippen LogP contribution in [0.25, 0.3) is 10.9 Å². The molecule has 0 saturated carbocycles. The lowest BCUT2D eigenvalue weighted by molar-refractivity contribution is -0.123. The van der Waals surface area contributed by atoms with Crippen LogP contribution in [-0.2, 0) is 9.53 Å². The molecule has 0 bridgehead atoms. The summed E-state index contributed by atoms with van der Waals surface area (Å²) in [7, 11) is 3.04. The first-order valence-electron chi connectivity index (χ1n) is 8.43. The van der Waals surface area contributed by atoms with Crippen LogP contribution in [0.2, 0.25) is 5.02 Å². The molecule has 2 aromatic carbocycles. The first-order valence-corrected chi connectivity index (χ1v) is 8.81. The van der Waals surface area contributed by atoms with E-state index in [9.17, 15) is 9.59 Å². The Morgan fingerprint density at radius 2 is 1.86 bits per heavy atom. The van der Waals surface area contributed by atoms with E-state index >= 15 is 0 Å². The van der Waals surface area contributed by atoms with Gasteiger partial charge in [0, 0.05) is 22.0 Å². The Hall–Kier alpha value is -3.19. The standard InChI is InChI=1S/C20H19ClN2O5/c1-11(19(24)23-16-9-13(21)5-7-18(16)27-3)28-20(25)17-8-12-4-6-14(26-2)10-15(12)22-17/h4-11,22H,1-3H3,(H,23,24). The summed E-state index contributed by atoms with van der Waals surface area (Å²) < 4.78 is 15.6. The number of anilines is 1. The lowest BCUT2D eigenvalue weighted by Gasteiger charge is -2.15. The quantitative estimate of drug-likeness (QED) is 0.608. The van der Waals surface area contributed by atoms with Crippen LogP contribution in [0, 0.1) is 0 Å². The number of hydrogen-bond donors (Lipinski definition) is 2. The van der Waals surface area contributed by atoms with Crippen molar-refractivity contribution in [3.63, 3.8) is 0 Å². The molecule has 7 nitrogen and oxygen atoms in total. The minimum Gasteiger partial charge on any atom is -0.497 e. The van der Waals surface area contributed by atoms with Gasteiger partial charge in [-0.2, -0.15) is 0 Å². The van der Waals surface area contributed by atoms with E-state index in [1.165, 1.54) is 14.0 Å². The number of amides is 1. The van der Waals surface area contributed by atoms with Gasteiger partial charge in [-0.3, -0.25) is 4.79 Å². The first kappa shape index (κ1) is 19.6. The van der Waals surface area contributed by atoms with Gasteiger partial charge in [0.2, 0.25) is 0 Å². The van der Waals surface area contributed by atoms with Crippen molar-refractivity contribution in [2.75, 3.05) is 19.5 Å². The van der Waals surface area contributed by atoms with Gasteiger partial charge in [0.05, 0.1) is 19.9 Å². The van der Waals surface area contributed by atoms with Gasteiger partial charge in [0.15, 0.2) is 6.10 Å². The zero-order valence-electron chi connectivity index (χ0n) is 15.5. The highest BCUT2D eigenvalue weighted by molar-refractivity contribution is 6.31. The number of aromatic amines is 1. The number of carbonyl (C=O) groups excluding carboxylic acids is 2. The molecule has 0 radical (unpaired) electrons. The number of fused-ring (bicyclic) bond motifs is 1. The third-order valence-electron chi connectivity index (χ3n) is 4.12. The molecule has 146 valence electrons. The summed E-state index contributed by atoms with van der Waals surface area (Å²) in [6.07, 6.45) is -1.03. The topological polar surface area (TPSA) is 89.7 Å². The molecule has 1 amide bonds. The minimum absolute atomic E-state index is 0.239. The molecule has 0 saturated heterocycles. The maximum atomic E-state index is 12.4. The Balaban J connectivity index is 1.70. The van der Waals surface area contributed by atoms with Crippen LogP contribution in [0.1, 0.15) is 17.4 Å². The number of esters is 1. The highest BCUT2D eigenvalue weighted by atomic mass is 35.5. The molecule has 8 heteroatoms. The van der Waals surface area contributed by atoms with E-state index in [0.717, 1.165) is 10.9 Å². The van der Waals surface area contributed by atoms with Crippen LogP contribution in [0.4, 0.5) is 5.69 Å². The fourth-order valence-corrected chi connectivity index (χ4v) is 2.81. The molecule has 1 atom stereocenters. The number of ether oxygens (including phenoxy) is 3. The van der Waals surface area contributed by atoms with E-state index in [1.54, 1.807) is 43.5 Å². The summed E-state index contributed by atoms with van der Waals surface area (Å²) in [5.41, 5.74) is 1.36. The average Bonchev–Trinajstić information content (AvgIpc) is 3.11. The van der Waals surface area contributed by atoms with Gasteiger partial charge < -0.3 is 24.5 Å². The Morgan fingerprint density at radius 3 is 2.57 bits per heavy atom. The van der Waals surface area contributed by atoms with Crippen molar-refractivity contribution in [1.82, 2.24) is 4.98 Å². The van der Waals surface area contributed by atoms with Crippen molar-refractivity contribution in [3.8, 4) is 11.5 Å². The summed E-state index contributed by atoms with van der Waals surface area (Å²) in [6.45, 7) is 1.48. The van der Waals surface area contributed by atoms with E-state index in [-0.39, 0.29) is 5.69 Å². The molecule has 3 rings (SSSR count). The van der Waals surface area contributed by atoms with E-state index in [2.05, 4.69) is 10.3 Å². The van der Waals surface area contributed by atoms with E-state index in [0.29, 0.717) is 22.2 Å². The van der Waals surface area contributed by atoms with E-state index < -0.39 is 18.0 Å². The van der Waals surface area contributed by atoms with Crippen LogP contribution in [0.15, 0.2) is 42.5 Å². The molecule has 2 N–H and O–H groups in total. The number of halogens is 1. The summed E-state index contributed by atoms with van der Waals surface area (Å²) in [5, 5.41) is 3.91. The van der Waals surface area contributed by atoms with E-state index in [4.69, 9.17) is 25.8 Å². The molecule has 0 aliphatic rings. The van der Waals surface area contributed by atoms with Crippen molar-refractivity contribution < 1.29 is 23.8 Å². The third-order valence-corrected chi connectivity index (χ3v) is 4.36. The fourth-order valence-electron chi connectivity index (χ4n) is 2.63. The van der Waals surface area contributed by atoms with Gasteiger partial charge >= 0.3 is 5.97 Å². The van der Waals surface area contributed by atoms with Gasteiger partial charge in [0.1, 0.15) is 17.2 Å².